The first-order valence-electron chi connectivity index (χ1n) is 29.8. The van der Waals surface area contributed by atoms with Gasteiger partial charge in [0.25, 0.3) is 6.71 Å². The summed E-state index contributed by atoms with van der Waals surface area (Å²) in [7, 11) is 0. The molecule has 0 saturated carbocycles. The van der Waals surface area contributed by atoms with Gasteiger partial charge >= 0.3 is 0 Å². The van der Waals surface area contributed by atoms with Crippen LogP contribution in [0.4, 0.5) is 85.3 Å². The van der Waals surface area contributed by atoms with Gasteiger partial charge < -0.3 is 28.9 Å². The standard InChI is InChI=1S/C78H51B2N5OS/c1-7-26-52(27-8-1)81(53-28-9-2-10-29-53)58-46-70-76-71(47-58)85(68-44-25-39-61-60-38-19-24-45-73(60)86-78(61)68)69-51-74-65(50-64(69)79(76)62-40-20-22-42-66(62)83(70)56-34-15-5-16-35-56)80-63-41-21-23-43-67(63)84(57-36-17-6-18-37-57)72-48-59(49-75(87-74)77(72)80)82(54-30-11-3-12-31-54)55-32-13-4-14-33-55/h1-51H. The summed E-state index contributed by atoms with van der Waals surface area (Å²) in [6, 6.07) is 113. The maximum atomic E-state index is 7.16. The Morgan fingerprint density at radius 2 is 0.701 bits per heavy atom. The average molecular weight is 1130 g/mol. The molecule has 18 rings (SSSR count). The first kappa shape index (κ1) is 49.6. The third-order valence-electron chi connectivity index (χ3n) is 18.0. The fourth-order valence-corrected chi connectivity index (χ4v) is 15.7. The van der Waals surface area contributed by atoms with E-state index in [0.29, 0.717) is 0 Å². The Balaban J connectivity index is 0.949. The molecule has 13 aromatic carbocycles. The molecule has 0 aliphatic carbocycles. The van der Waals surface area contributed by atoms with Gasteiger partial charge in [0.15, 0.2) is 5.58 Å². The number of nitrogens with zero attached hydrogens (tertiary/aromatic N) is 5. The molecule has 0 spiro atoms. The van der Waals surface area contributed by atoms with Crippen LogP contribution in [0, 0.1) is 0 Å². The molecule has 0 amide bonds. The summed E-state index contributed by atoms with van der Waals surface area (Å²) < 4.78 is 7.16. The number of rotatable bonds is 9. The van der Waals surface area contributed by atoms with Crippen molar-refractivity contribution in [2.24, 2.45) is 0 Å². The molecular formula is C78H51B2N5OS. The highest BCUT2D eigenvalue weighted by atomic mass is 32.2. The van der Waals surface area contributed by atoms with Crippen LogP contribution in [0.2, 0.25) is 0 Å². The van der Waals surface area contributed by atoms with E-state index in [1.54, 1.807) is 0 Å². The summed E-state index contributed by atoms with van der Waals surface area (Å²) in [6.45, 7) is -0.254. The Kier molecular flexibility index (Phi) is 11.3. The van der Waals surface area contributed by atoms with Crippen LogP contribution in [-0.4, -0.2) is 13.4 Å². The minimum absolute atomic E-state index is 0.0934. The Labute approximate surface area is 510 Å². The van der Waals surface area contributed by atoms with E-state index in [9.17, 15) is 0 Å². The molecule has 4 aliphatic heterocycles. The van der Waals surface area contributed by atoms with Crippen molar-refractivity contribution in [1.82, 2.24) is 0 Å². The van der Waals surface area contributed by atoms with E-state index >= 15 is 0 Å². The van der Waals surface area contributed by atoms with Crippen LogP contribution in [-0.2, 0) is 0 Å². The molecule has 87 heavy (non-hydrogen) atoms. The van der Waals surface area contributed by atoms with E-state index < -0.39 is 0 Å². The molecule has 9 heteroatoms. The lowest BCUT2D eigenvalue weighted by molar-refractivity contribution is 0.669. The molecule has 0 saturated heterocycles. The van der Waals surface area contributed by atoms with Gasteiger partial charge in [-0.1, -0.05) is 199 Å². The van der Waals surface area contributed by atoms with Crippen molar-refractivity contribution in [1.29, 1.82) is 0 Å². The second-order valence-corrected chi connectivity index (χ2v) is 23.8. The van der Waals surface area contributed by atoms with Gasteiger partial charge in [-0.2, -0.15) is 0 Å². The van der Waals surface area contributed by atoms with Gasteiger partial charge in [0.1, 0.15) is 5.58 Å². The van der Waals surface area contributed by atoms with Crippen molar-refractivity contribution in [2.75, 3.05) is 24.5 Å². The predicted octanol–water partition coefficient (Wildman–Crippen LogP) is 17.4. The summed E-state index contributed by atoms with van der Waals surface area (Å²) in [5, 5.41) is 2.17. The number of anilines is 15. The summed E-state index contributed by atoms with van der Waals surface area (Å²) in [4.78, 5) is 14.8. The molecule has 406 valence electrons. The van der Waals surface area contributed by atoms with E-state index in [0.717, 1.165) is 95.9 Å². The molecular weight excluding hydrogens is 1080 g/mol. The molecule has 6 nitrogen and oxygen atoms in total. The molecule has 4 aliphatic rings. The van der Waals surface area contributed by atoms with Crippen molar-refractivity contribution in [3.8, 4) is 0 Å². The van der Waals surface area contributed by atoms with Gasteiger partial charge in [0, 0.05) is 94.5 Å². The van der Waals surface area contributed by atoms with Crippen LogP contribution >= 0.6 is 11.8 Å². The van der Waals surface area contributed by atoms with Gasteiger partial charge in [-0.15, -0.1) is 0 Å². The molecule has 0 bridgehead atoms. The van der Waals surface area contributed by atoms with E-state index in [-0.39, 0.29) is 13.4 Å². The van der Waals surface area contributed by atoms with E-state index in [2.05, 4.69) is 334 Å². The van der Waals surface area contributed by atoms with Crippen LogP contribution in [0.15, 0.2) is 324 Å². The van der Waals surface area contributed by atoms with Crippen molar-refractivity contribution >= 4 is 165 Å². The molecule has 5 heterocycles. The highest BCUT2D eigenvalue weighted by Crippen LogP contribution is 2.52. The molecule has 0 unspecified atom stereocenters. The van der Waals surface area contributed by atoms with Gasteiger partial charge in [-0.3, -0.25) is 0 Å². The highest BCUT2D eigenvalue weighted by molar-refractivity contribution is 8.00. The monoisotopic (exact) mass is 1130 g/mol. The van der Waals surface area contributed by atoms with Crippen molar-refractivity contribution in [3.63, 3.8) is 0 Å². The molecule has 14 aromatic rings. The van der Waals surface area contributed by atoms with Gasteiger partial charge in [-0.25, -0.2) is 0 Å². The first-order chi connectivity index (χ1) is 43.2. The molecule has 1 aromatic heterocycles. The number of para-hydroxylation sites is 10. The Morgan fingerprint density at radius 1 is 0.276 bits per heavy atom. The fourth-order valence-electron chi connectivity index (χ4n) is 14.4. The van der Waals surface area contributed by atoms with Crippen LogP contribution in [0.25, 0.3) is 21.9 Å². The summed E-state index contributed by atoms with van der Waals surface area (Å²) in [5.74, 6) is 0. The third-order valence-corrected chi connectivity index (χ3v) is 19.1. The summed E-state index contributed by atoms with van der Waals surface area (Å²) in [5.41, 5.74) is 25.8. The first-order valence-corrected chi connectivity index (χ1v) is 30.6. The highest BCUT2D eigenvalue weighted by Gasteiger charge is 2.48. The lowest BCUT2D eigenvalue weighted by atomic mass is 9.31. The third kappa shape index (κ3) is 7.72. The van der Waals surface area contributed by atoms with Crippen molar-refractivity contribution < 1.29 is 4.42 Å². The zero-order valence-electron chi connectivity index (χ0n) is 47.2. The lowest BCUT2D eigenvalue weighted by Crippen LogP contribution is -2.64. The van der Waals surface area contributed by atoms with Crippen molar-refractivity contribution in [3.05, 3.63) is 309 Å². The quantitative estimate of drug-likeness (QED) is 0.133. The number of furan rings is 1. The summed E-state index contributed by atoms with van der Waals surface area (Å²) in [6.07, 6.45) is 0. The Hall–Kier alpha value is -10.9. The molecule has 0 radical (unpaired) electrons. The minimum Gasteiger partial charge on any atom is -0.454 e. The zero-order chi connectivity index (χ0) is 57.1. The van der Waals surface area contributed by atoms with E-state index in [4.69, 9.17) is 4.42 Å². The average Bonchev–Trinajstić information content (AvgIpc) is 0.798. The van der Waals surface area contributed by atoms with Gasteiger partial charge in [0.05, 0.1) is 11.4 Å². The maximum Gasteiger partial charge on any atom is 0.252 e. The smallest absolute Gasteiger partial charge is 0.252 e. The molecule has 0 atom stereocenters. The van der Waals surface area contributed by atoms with E-state index in [1.807, 2.05) is 11.8 Å². The number of hydrogen-bond acceptors (Lipinski definition) is 7. The lowest BCUT2D eigenvalue weighted by Gasteiger charge is -2.46. The zero-order valence-corrected chi connectivity index (χ0v) is 48.0. The number of hydrogen-bond donors (Lipinski definition) is 0. The predicted molar refractivity (Wildman–Crippen MR) is 367 cm³/mol. The van der Waals surface area contributed by atoms with Crippen LogP contribution in [0.5, 0.6) is 0 Å². The maximum absolute atomic E-state index is 7.16. The normalized spacial score (nSPS) is 13.1. The molecule has 0 N–H and O–H groups in total. The second-order valence-electron chi connectivity index (χ2n) is 22.8. The van der Waals surface area contributed by atoms with Crippen molar-refractivity contribution in [2.45, 2.75) is 9.79 Å². The number of benzene rings is 13. The second kappa shape index (κ2) is 19.9. The number of fused-ring (bicyclic) bond motifs is 11. The van der Waals surface area contributed by atoms with Gasteiger partial charge in [-0.05, 0) is 155 Å². The molecule has 0 fully saturated rings. The topological polar surface area (TPSA) is 29.3 Å². The minimum atomic E-state index is -0.160. The largest absolute Gasteiger partial charge is 0.454 e. The van der Waals surface area contributed by atoms with Crippen LogP contribution in [0.1, 0.15) is 0 Å². The van der Waals surface area contributed by atoms with Crippen LogP contribution in [0.3, 0.4) is 0 Å². The van der Waals surface area contributed by atoms with Gasteiger partial charge in [0.2, 0.25) is 6.71 Å². The summed E-state index contributed by atoms with van der Waals surface area (Å²) >= 11 is 1.89. The SMILES string of the molecule is c1ccc(N(c2ccccc2)c2cc3c4c(c2)N(c2ccccc2)c2ccccc2B4c2cc4c(cc2S3)N(c2cccc3c2oc2ccccc23)c2cc(N(c3ccccc3)c3ccccc3)cc3c2B4c2ccccc2N3c2ccccc2)cc1. The fraction of sp³-hybridized carbons (Fsp3) is 0. The Morgan fingerprint density at radius 3 is 1.25 bits per heavy atom. The van der Waals surface area contributed by atoms with E-state index in [1.165, 1.54) is 53.9 Å². The van der Waals surface area contributed by atoms with Crippen LogP contribution < -0.4 is 57.3 Å². The Bertz CT molecular complexity index is 4940.